The largest absolute Gasteiger partial charge is 0.402 e. The summed E-state index contributed by atoms with van der Waals surface area (Å²) in [5.41, 5.74) is 0. The second-order valence-electron chi connectivity index (χ2n) is 3.75. The Bertz CT molecular complexity index is 580. The summed E-state index contributed by atoms with van der Waals surface area (Å²) < 4.78 is 62.2. The van der Waals surface area contributed by atoms with Crippen LogP contribution in [-0.4, -0.2) is 43.7 Å². The number of aliphatic hydroxyl groups excluding tert-OH is 1. The summed E-state index contributed by atoms with van der Waals surface area (Å²) in [5, 5.41) is 8.54. The lowest BCUT2D eigenvalue weighted by Gasteiger charge is -2.23. The summed E-state index contributed by atoms with van der Waals surface area (Å²) in [6.07, 6.45) is -4.72. The van der Waals surface area contributed by atoms with Crippen LogP contribution in [0.3, 0.4) is 0 Å². The number of benzene rings is 1. The van der Waals surface area contributed by atoms with Crippen LogP contribution in [0.2, 0.25) is 5.02 Å². The Morgan fingerprint density at radius 3 is 2.40 bits per heavy atom. The molecule has 0 heterocycles. The van der Waals surface area contributed by atoms with Crippen molar-refractivity contribution in [2.24, 2.45) is 0 Å². The standard InChI is InChI=1S/C10H10BrClF3NO3S/c11-7-1-2-9(8(12)5-7)20(18,19)16(3-4-17)6-10(13,14)15/h1-2,5,17H,3-4,6H2. The molecule has 1 N–H and O–H groups in total. The molecule has 114 valence electrons. The van der Waals surface area contributed by atoms with Gasteiger partial charge >= 0.3 is 6.18 Å². The average molecular weight is 397 g/mol. The van der Waals surface area contributed by atoms with Crippen LogP contribution in [0.4, 0.5) is 13.2 Å². The predicted molar refractivity (Wildman–Crippen MR) is 71.1 cm³/mol. The number of rotatable bonds is 5. The molecule has 0 aromatic heterocycles. The first-order valence-corrected chi connectivity index (χ1v) is 7.82. The van der Waals surface area contributed by atoms with Crippen LogP contribution < -0.4 is 0 Å². The molecule has 0 amide bonds. The third kappa shape index (κ3) is 4.59. The van der Waals surface area contributed by atoms with Crippen LogP contribution in [0.15, 0.2) is 27.6 Å². The third-order valence-electron chi connectivity index (χ3n) is 2.22. The fraction of sp³-hybridized carbons (Fsp3) is 0.400. The van der Waals surface area contributed by atoms with Crippen molar-refractivity contribution in [1.82, 2.24) is 4.31 Å². The second-order valence-corrected chi connectivity index (χ2v) is 6.98. The van der Waals surface area contributed by atoms with Gasteiger partial charge in [0.2, 0.25) is 10.0 Å². The first-order valence-electron chi connectivity index (χ1n) is 5.21. The van der Waals surface area contributed by atoms with Crippen LogP contribution in [0.1, 0.15) is 0 Å². The maximum absolute atomic E-state index is 12.4. The Morgan fingerprint density at radius 2 is 1.95 bits per heavy atom. The molecular formula is C10H10BrClF3NO3S. The van der Waals surface area contributed by atoms with Crippen molar-refractivity contribution in [2.45, 2.75) is 11.1 Å². The van der Waals surface area contributed by atoms with E-state index in [-0.39, 0.29) is 9.33 Å². The van der Waals surface area contributed by atoms with Crippen LogP contribution in [0, 0.1) is 0 Å². The summed E-state index contributed by atoms with van der Waals surface area (Å²) in [6.45, 7) is -3.10. The van der Waals surface area contributed by atoms with E-state index in [1.807, 2.05) is 0 Å². The zero-order valence-electron chi connectivity index (χ0n) is 9.86. The number of hydrogen-bond donors (Lipinski definition) is 1. The van der Waals surface area contributed by atoms with Gasteiger partial charge in [-0.2, -0.15) is 17.5 Å². The van der Waals surface area contributed by atoms with Crippen molar-refractivity contribution in [3.05, 3.63) is 27.7 Å². The lowest BCUT2D eigenvalue weighted by atomic mass is 10.4. The van der Waals surface area contributed by atoms with Gasteiger partial charge in [-0.25, -0.2) is 8.42 Å². The lowest BCUT2D eigenvalue weighted by Crippen LogP contribution is -2.40. The van der Waals surface area contributed by atoms with Crippen LogP contribution in [-0.2, 0) is 10.0 Å². The van der Waals surface area contributed by atoms with E-state index < -0.39 is 40.8 Å². The Morgan fingerprint density at radius 1 is 1.35 bits per heavy atom. The number of halogens is 5. The molecule has 10 heteroatoms. The number of alkyl halides is 3. The third-order valence-corrected chi connectivity index (χ3v) is 5.04. The SMILES string of the molecule is O=S(=O)(c1ccc(Br)cc1Cl)N(CCO)CC(F)(F)F. The van der Waals surface area contributed by atoms with Gasteiger partial charge in [-0.05, 0) is 18.2 Å². The van der Waals surface area contributed by atoms with E-state index in [4.69, 9.17) is 16.7 Å². The number of nitrogens with zero attached hydrogens (tertiary/aromatic N) is 1. The van der Waals surface area contributed by atoms with Crippen molar-refractivity contribution < 1.29 is 26.7 Å². The highest BCUT2D eigenvalue weighted by Crippen LogP contribution is 2.29. The molecule has 0 radical (unpaired) electrons. The van der Waals surface area contributed by atoms with Crippen LogP contribution in [0.25, 0.3) is 0 Å². The maximum Gasteiger partial charge on any atom is 0.402 e. The second kappa shape index (κ2) is 6.61. The monoisotopic (exact) mass is 395 g/mol. The summed E-state index contributed by atoms with van der Waals surface area (Å²) in [7, 11) is -4.44. The first kappa shape index (κ1) is 17.7. The lowest BCUT2D eigenvalue weighted by molar-refractivity contribution is -0.136. The van der Waals surface area contributed by atoms with Gasteiger partial charge in [0.15, 0.2) is 0 Å². The molecule has 1 aromatic rings. The molecule has 0 aliphatic rings. The molecule has 4 nitrogen and oxygen atoms in total. The summed E-state index contributed by atoms with van der Waals surface area (Å²) in [4.78, 5) is -0.444. The van der Waals surface area contributed by atoms with Gasteiger partial charge in [0, 0.05) is 11.0 Å². The molecule has 1 rings (SSSR count). The molecular weight excluding hydrogens is 387 g/mol. The van der Waals surface area contributed by atoms with Crippen molar-refractivity contribution in [3.63, 3.8) is 0 Å². The summed E-state index contributed by atoms with van der Waals surface area (Å²) in [6, 6.07) is 3.71. The minimum atomic E-state index is -4.72. The van der Waals surface area contributed by atoms with E-state index in [9.17, 15) is 21.6 Å². The van der Waals surface area contributed by atoms with Gasteiger partial charge in [-0.1, -0.05) is 27.5 Å². The first-order chi connectivity index (χ1) is 9.08. The molecule has 0 unspecified atom stereocenters. The highest BCUT2D eigenvalue weighted by Gasteiger charge is 2.37. The van der Waals surface area contributed by atoms with E-state index >= 15 is 0 Å². The summed E-state index contributed by atoms with van der Waals surface area (Å²) >= 11 is 8.82. The van der Waals surface area contributed by atoms with Gasteiger partial charge in [-0.15, -0.1) is 0 Å². The van der Waals surface area contributed by atoms with E-state index in [1.165, 1.54) is 12.1 Å². The van der Waals surface area contributed by atoms with Crippen molar-refractivity contribution >= 4 is 37.6 Å². The van der Waals surface area contributed by atoms with E-state index in [0.717, 1.165) is 6.07 Å². The molecule has 0 aliphatic heterocycles. The highest BCUT2D eigenvalue weighted by atomic mass is 79.9. The van der Waals surface area contributed by atoms with Gasteiger partial charge in [0.25, 0.3) is 0 Å². The average Bonchev–Trinajstić information content (AvgIpc) is 2.26. The maximum atomic E-state index is 12.4. The molecule has 1 aromatic carbocycles. The zero-order valence-corrected chi connectivity index (χ0v) is 13.0. The molecule has 0 saturated carbocycles. The van der Waals surface area contributed by atoms with Crippen molar-refractivity contribution in [1.29, 1.82) is 0 Å². The minimum Gasteiger partial charge on any atom is -0.395 e. The van der Waals surface area contributed by atoms with E-state index in [2.05, 4.69) is 15.9 Å². The smallest absolute Gasteiger partial charge is 0.395 e. The number of hydrogen-bond acceptors (Lipinski definition) is 3. The normalized spacial score (nSPS) is 12.9. The topological polar surface area (TPSA) is 57.6 Å². The molecule has 0 saturated heterocycles. The molecule has 0 atom stereocenters. The van der Waals surface area contributed by atoms with E-state index in [0.29, 0.717) is 4.47 Å². The molecule has 0 aliphatic carbocycles. The summed E-state index contributed by atoms with van der Waals surface area (Å²) in [5.74, 6) is 0. The molecule has 20 heavy (non-hydrogen) atoms. The fourth-order valence-electron chi connectivity index (χ4n) is 1.42. The predicted octanol–water partition coefficient (Wildman–Crippen LogP) is 2.65. The van der Waals surface area contributed by atoms with Crippen molar-refractivity contribution in [2.75, 3.05) is 19.7 Å². The number of sulfonamides is 1. The van der Waals surface area contributed by atoms with Crippen LogP contribution in [0.5, 0.6) is 0 Å². The Kier molecular flexibility index (Phi) is 5.85. The molecule has 0 spiro atoms. The minimum absolute atomic E-state index is 0.141. The Hall–Kier alpha value is -0.350. The van der Waals surface area contributed by atoms with Crippen LogP contribution >= 0.6 is 27.5 Å². The van der Waals surface area contributed by atoms with Gasteiger partial charge in [0.05, 0.1) is 11.6 Å². The van der Waals surface area contributed by atoms with E-state index in [1.54, 1.807) is 0 Å². The highest BCUT2D eigenvalue weighted by molar-refractivity contribution is 9.10. The Balaban J connectivity index is 3.22. The number of aliphatic hydroxyl groups is 1. The van der Waals surface area contributed by atoms with Crippen molar-refractivity contribution in [3.8, 4) is 0 Å². The molecule has 0 bridgehead atoms. The van der Waals surface area contributed by atoms with Gasteiger partial charge in [-0.3, -0.25) is 0 Å². The Labute approximate surface area is 127 Å². The van der Waals surface area contributed by atoms with Gasteiger partial charge in [0.1, 0.15) is 11.4 Å². The molecule has 0 fully saturated rings. The van der Waals surface area contributed by atoms with Gasteiger partial charge < -0.3 is 5.11 Å². The zero-order chi connectivity index (χ0) is 15.6. The quantitative estimate of drug-likeness (QED) is 0.832. The fourth-order valence-corrected chi connectivity index (χ4v) is 3.85.